The lowest BCUT2D eigenvalue weighted by Gasteiger charge is -2.40. The van der Waals surface area contributed by atoms with Gasteiger partial charge in [-0.2, -0.15) is 18.4 Å². The van der Waals surface area contributed by atoms with E-state index in [1.54, 1.807) is 17.0 Å². The second-order valence-electron chi connectivity index (χ2n) is 9.69. The van der Waals surface area contributed by atoms with Crippen LogP contribution in [0.5, 0.6) is 0 Å². The number of hydrogen-bond donors (Lipinski definition) is 3. The first-order chi connectivity index (χ1) is 17.8. The summed E-state index contributed by atoms with van der Waals surface area (Å²) in [4.78, 5) is 32.5. The van der Waals surface area contributed by atoms with E-state index in [1.807, 2.05) is 6.07 Å². The smallest absolute Gasteiger partial charge is 0.379 e. The molecule has 0 spiro atoms. The number of likely N-dealkylation sites (tertiary alicyclic amines) is 1. The van der Waals surface area contributed by atoms with Crippen LogP contribution in [0.4, 0.5) is 19.0 Å². The predicted octanol–water partition coefficient (Wildman–Crippen LogP) is 1.09. The van der Waals surface area contributed by atoms with E-state index >= 15 is 0 Å². The van der Waals surface area contributed by atoms with E-state index in [4.69, 9.17) is 10.00 Å². The Morgan fingerprint density at radius 1 is 1.27 bits per heavy atom. The van der Waals surface area contributed by atoms with E-state index in [0.717, 1.165) is 31.6 Å². The number of nitriles is 1. The number of amides is 2. The lowest BCUT2D eigenvalue weighted by atomic mass is 9.94. The fourth-order valence-electron chi connectivity index (χ4n) is 5.39. The summed E-state index contributed by atoms with van der Waals surface area (Å²) in [6.07, 6.45) is 0.195. The number of aromatic nitrogens is 1. The van der Waals surface area contributed by atoms with Crippen LogP contribution in [-0.4, -0.2) is 85.4 Å². The van der Waals surface area contributed by atoms with Crippen molar-refractivity contribution in [3.63, 3.8) is 0 Å². The number of hydrazine groups is 1. The second kappa shape index (κ2) is 12.1. The number of ether oxygens (including phenoxy) is 1. The zero-order valence-electron chi connectivity index (χ0n) is 20.5. The lowest BCUT2D eigenvalue weighted by molar-refractivity contribution is -0.201. The molecular weight excluding hydrogens is 491 g/mol. The number of anilines is 1. The summed E-state index contributed by atoms with van der Waals surface area (Å²) in [6.45, 7) is 2.27. The van der Waals surface area contributed by atoms with Gasteiger partial charge in [-0.15, -0.1) is 0 Å². The summed E-state index contributed by atoms with van der Waals surface area (Å²) in [5.74, 6) is -2.54. The van der Waals surface area contributed by atoms with Crippen LogP contribution >= 0.6 is 0 Å². The SMILES string of the molecule is N#Cc1ccc(N2CCCC(NC(=O)CCOC[C@@H]3CCCN3C3CNNC(=O)C3C(F)(F)F)C2)nc1. The first-order valence-electron chi connectivity index (χ1n) is 12.6. The maximum Gasteiger partial charge on any atom is 0.402 e. The van der Waals surface area contributed by atoms with Gasteiger partial charge in [0.05, 0.1) is 18.8 Å². The predicted molar refractivity (Wildman–Crippen MR) is 127 cm³/mol. The molecular formula is C24H32F3N7O3. The van der Waals surface area contributed by atoms with Gasteiger partial charge in [-0.1, -0.05) is 0 Å². The van der Waals surface area contributed by atoms with Crippen molar-refractivity contribution in [1.82, 2.24) is 26.1 Å². The largest absolute Gasteiger partial charge is 0.402 e. The van der Waals surface area contributed by atoms with Crippen molar-refractivity contribution in [1.29, 1.82) is 5.26 Å². The summed E-state index contributed by atoms with van der Waals surface area (Å²) in [5.41, 5.74) is 5.15. The van der Waals surface area contributed by atoms with E-state index < -0.39 is 24.0 Å². The number of carbonyl (C=O) groups excluding carboxylic acids is 2. The van der Waals surface area contributed by atoms with Crippen molar-refractivity contribution in [3.05, 3.63) is 23.9 Å². The third-order valence-electron chi connectivity index (χ3n) is 7.16. The van der Waals surface area contributed by atoms with Crippen LogP contribution in [0.1, 0.15) is 37.7 Å². The molecule has 0 bridgehead atoms. The molecule has 3 N–H and O–H groups in total. The molecule has 13 heteroatoms. The van der Waals surface area contributed by atoms with Crippen LogP contribution in [0.25, 0.3) is 0 Å². The molecule has 1 aromatic rings. The molecule has 3 fully saturated rings. The molecule has 2 amide bonds. The van der Waals surface area contributed by atoms with Gasteiger partial charge >= 0.3 is 6.18 Å². The van der Waals surface area contributed by atoms with E-state index in [-0.39, 0.29) is 44.2 Å². The highest BCUT2D eigenvalue weighted by molar-refractivity contribution is 5.80. The Bertz CT molecular complexity index is 985. The van der Waals surface area contributed by atoms with Crippen LogP contribution in [-0.2, 0) is 14.3 Å². The summed E-state index contributed by atoms with van der Waals surface area (Å²) >= 11 is 0. The Morgan fingerprint density at radius 3 is 2.81 bits per heavy atom. The molecule has 0 radical (unpaired) electrons. The minimum atomic E-state index is -4.63. The Morgan fingerprint density at radius 2 is 2.08 bits per heavy atom. The highest BCUT2D eigenvalue weighted by Crippen LogP contribution is 2.35. The Hall–Kier alpha value is -2.95. The monoisotopic (exact) mass is 523 g/mol. The van der Waals surface area contributed by atoms with E-state index in [2.05, 4.69) is 26.1 Å². The Labute approximate surface area is 213 Å². The third-order valence-corrected chi connectivity index (χ3v) is 7.16. The van der Waals surface area contributed by atoms with E-state index in [0.29, 0.717) is 25.1 Å². The average Bonchev–Trinajstić information content (AvgIpc) is 3.34. The molecule has 3 unspecified atom stereocenters. The molecule has 4 heterocycles. The molecule has 3 aliphatic rings. The molecule has 0 aliphatic carbocycles. The van der Waals surface area contributed by atoms with Gasteiger partial charge in [-0.25, -0.2) is 10.4 Å². The highest BCUT2D eigenvalue weighted by atomic mass is 19.4. The molecule has 3 aliphatic heterocycles. The fraction of sp³-hybridized carbons (Fsp3) is 0.667. The summed E-state index contributed by atoms with van der Waals surface area (Å²) in [6, 6.07) is 4.30. The molecule has 202 valence electrons. The molecule has 37 heavy (non-hydrogen) atoms. The third kappa shape index (κ3) is 6.88. The van der Waals surface area contributed by atoms with Gasteiger partial charge in [0.1, 0.15) is 11.9 Å². The molecule has 3 saturated heterocycles. The van der Waals surface area contributed by atoms with Crippen LogP contribution in [0.3, 0.4) is 0 Å². The molecule has 0 saturated carbocycles. The number of halogens is 3. The van der Waals surface area contributed by atoms with Gasteiger partial charge in [0.25, 0.3) is 0 Å². The molecule has 4 atom stereocenters. The first-order valence-corrected chi connectivity index (χ1v) is 12.6. The Balaban J connectivity index is 1.20. The van der Waals surface area contributed by atoms with Gasteiger partial charge in [0.15, 0.2) is 5.92 Å². The van der Waals surface area contributed by atoms with Gasteiger partial charge in [-0.05, 0) is 44.4 Å². The first kappa shape index (κ1) is 27.1. The summed E-state index contributed by atoms with van der Waals surface area (Å²) in [5, 5.41) is 12.0. The van der Waals surface area contributed by atoms with E-state index in [1.165, 1.54) is 6.20 Å². The van der Waals surface area contributed by atoms with Gasteiger partial charge in [-0.3, -0.25) is 19.9 Å². The van der Waals surface area contributed by atoms with Crippen molar-refractivity contribution in [2.45, 2.75) is 56.4 Å². The van der Waals surface area contributed by atoms with Crippen LogP contribution in [0, 0.1) is 17.2 Å². The zero-order chi connectivity index (χ0) is 26.4. The van der Waals surface area contributed by atoms with Gasteiger partial charge in [0.2, 0.25) is 11.8 Å². The van der Waals surface area contributed by atoms with Gasteiger partial charge < -0.3 is 15.0 Å². The van der Waals surface area contributed by atoms with Crippen LogP contribution < -0.4 is 21.1 Å². The van der Waals surface area contributed by atoms with Crippen molar-refractivity contribution in [3.8, 4) is 6.07 Å². The number of alkyl halides is 3. The normalized spacial score (nSPS) is 27.0. The minimum absolute atomic E-state index is 0.00518. The number of pyridine rings is 1. The number of nitrogens with one attached hydrogen (secondary N) is 3. The van der Waals surface area contributed by atoms with Crippen LogP contribution in [0.15, 0.2) is 18.3 Å². The van der Waals surface area contributed by atoms with Crippen molar-refractivity contribution >= 4 is 17.6 Å². The summed E-state index contributed by atoms with van der Waals surface area (Å²) < 4.78 is 46.4. The molecule has 4 rings (SSSR count). The van der Waals surface area contributed by atoms with Crippen molar-refractivity contribution < 1.29 is 27.5 Å². The standard InChI is InChI=1S/C24H32F3N7O3/c25-24(26,27)22-19(13-30-32-23(22)36)34-9-2-4-18(34)15-37-10-7-21(35)31-17-3-1-8-33(14-17)20-6-5-16(11-28)12-29-20/h5-6,12,17-19,22,30H,1-4,7-10,13-15H2,(H,31,35)(H,32,36)/t17?,18-,19?,22?/m0/s1. The Kier molecular flexibility index (Phi) is 8.83. The molecule has 1 aromatic heterocycles. The van der Waals surface area contributed by atoms with Crippen LogP contribution in [0.2, 0.25) is 0 Å². The minimum Gasteiger partial charge on any atom is -0.379 e. The average molecular weight is 524 g/mol. The number of hydrogen-bond acceptors (Lipinski definition) is 8. The van der Waals surface area contributed by atoms with Crippen molar-refractivity contribution in [2.24, 2.45) is 5.92 Å². The number of piperidine rings is 1. The highest BCUT2D eigenvalue weighted by Gasteiger charge is 2.54. The van der Waals surface area contributed by atoms with Gasteiger partial charge in [0, 0.05) is 50.4 Å². The molecule has 10 nitrogen and oxygen atoms in total. The topological polar surface area (TPSA) is 123 Å². The zero-order valence-corrected chi connectivity index (χ0v) is 20.5. The van der Waals surface area contributed by atoms with Crippen molar-refractivity contribution in [2.75, 3.05) is 44.3 Å². The lowest BCUT2D eigenvalue weighted by Crippen LogP contribution is -2.65. The summed E-state index contributed by atoms with van der Waals surface area (Å²) in [7, 11) is 0. The maximum absolute atomic E-state index is 13.6. The number of carbonyl (C=O) groups is 2. The molecule has 0 aromatic carbocycles. The fourth-order valence-corrected chi connectivity index (χ4v) is 5.39. The number of nitrogens with zero attached hydrogens (tertiary/aromatic N) is 4. The quantitative estimate of drug-likeness (QED) is 0.433. The maximum atomic E-state index is 13.6. The number of rotatable bonds is 8. The van der Waals surface area contributed by atoms with E-state index in [9.17, 15) is 22.8 Å². The second-order valence-corrected chi connectivity index (χ2v) is 9.69.